The molecule has 1 aromatic rings. The molecular weight excluding hydrogens is 224 g/mol. The van der Waals surface area contributed by atoms with E-state index in [1.165, 1.54) is 0 Å². The summed E-state index contributed by atoms with van der Waals surface area (Å²) in [6, 6.07) is 8.79. The highest BCUT2D eigenvalue weighted by Crippen LogP contribution is 1.97. The SMILES string of the molecule is CC(O)CNC(=S)NC(=O)c1ccccc1. The van der Waals surface area contributed by atoms with Crippen molar-refractivity contribution < 1.29 is 9.90 Å². The van der Waals surface area contributed by atoms with E-state index in [4.69, 9.17) is 17.3 Å². The summed E-state index contributed by atoms with van der Waals surface area (Å²) in [6.07, 6.45) is -0.508. The molecule has 0 fully saturated rings. The number of rotatable bonds is 3. The first-order valence-corrected chi connectivity index (χ1v) is 5.32. The Morgan fingerprint density at radius 3 is 2.62 bits per heavy atom. The Hall–Kier alpha value is -1.46. The minimum Gasteiger partial charge on any atom is -0.392 e. The van der Waals surface area contributed by atoms with Gasteiger partial charge in [0.25, 0.3) is 5.91 Å². The van der Waals surface area contributed by atoms with Gasteiger partial charge in [0.2, 0.25) is 0 Å². The monoisotopic (exact) mass is 238 g/mol. The van der Waals surface area contributed by atoms with E-state index >= 15 is 0 Å². The predicted octanol–water partition coefficient (Wildman–Crippen LogP) is 0.672. The number of carbonyl (C=O) groups excluding carboxylic acids is 1. The van der Waals surface area contributed by atoms with Gasteiger partial charge in [-0.1, -0.05) is 18.2 Å². The molecule has 1 atom stereocenters. The maximum absolute atomic E-state index is 11.6. The van der Waals surface area contributed by atoms with Crippen LogP contribution in [-0.2, 0) is 0 Å². The van der Waals surface area contributed by atoms with E-state index in [0.717, 1.165) is 0 Å². The fraction of sp³-hybridized carbons (Fsp3) is 0.273. The van der Waals surface area contributed by atoms with Crippen LogP contribution in [0.1, 0.15) is 17.3 Å². The molecular formula is C11H14N2O2S. The van der Waals surface area contributed by atoms with Crippen LogP contribution in [0.25, 0.3) is 0 Å². The maximum Gasteiger partial charge on any atom is 0.257 e. The van der Waals surface area contributed by atoms with Gasteiger partial charge in [-0.15, -0.1) is 0 Å². The van der Waals surface area contributed by atoms with E-state index < -0.39 is 6.10 Å². The van der Waals surface area contributed by atoms with Gasteiger partial charge in [-0.2, -0.15) is 0 Å². The summed E-state index contributed by atoms with van der Waals surface area (Å²) in [5.74, 6) is -0.260. The minimum atomic E-state index is -0.508. The first kappa shape index (κ1) is 12.6. The Morgan fingerprint density at radius 2 is 2.06 bits per heavy atom. The Bertz CT molecular complexity index is 366. The standard InChI is InChI=1S/C11H14N2O2S/c1-8(14)7-12-11(16)13-10(15)9-5-3-2-4-6-9/h2-6,8,14H,7H2,1H3,(H2,12,13,15,16). The molecule has 0 bridgehead atoms. The highest BCUT2D eigenvalue weighted by Gasteiger charge is 2.06. The van der Waals surface area contributed by atoms with Crippen LogP contribution >= 0.6 is 12.2 Å². The van der Waals surface area contributed by atoms with E-state index in [1.807, 2.05) is 6.07 Å². The summed E-state index contributed by atoms with van der Waals surface area (Å²) in [7, 11) is 0. The molecule has 0 aliphatic heterocycles. The number of hydrogen-bond acceptors (Lipinski definition) is 3. The zero-order valence-electron chi connectivity index (χ0n) is 8.93. The van der Waals surface area contributed by atoms with Crippen molar-refractivity contribution in [2.24, 2.45) is 0 Å². The van der Waals surface area contributed by atoms with Crippen LogP contribution in [0.4, 0.5) is 0 Å². The van der Waals surface area contributed by atoms with Crippen LogP contribution in [0.15, 0.2) is 30.3 Å². The molecule has 86 valence electrons. The summed E-state index contributed by atoms with van der Waals surface area (Å²) in [6.45, 7) is 1.95. The Morgan fingerprint density at radius 1 is 1.44 bits per heavy atom. The lowest BCUT2D eigenvalue weighted by Crippen LogP contribution is -2.41. The smallest absolute Gasteiger partial charge is 0.257 e. The average Bonchev–Trinajstić information content (AvgIpc) is 2.27. The Labute approximate surface area is 99.7 Å². The van der Waals surface area contributed by atoms with Crippen molar-refractivity contribution in [2.75, 3.05) is 6.54 Å². The van der Waals surface area contributed by atoms with Gasteiger partial charge in [-0.25, -0.2) is 0 Å². The highest BCUT2D eigenvalue weighted by atomic mass is 32.1. The molecule has 0 aromatic heterocycles. The molecule has 1 amide bonds. The lowest BCUT2D eigenvalue weighted by molar-refractivity contribution is 0.0976. The van der Waals surface area contributed by atoms with Crippen LogP contribution in [0.3, 0.4) is 0 Å². The molecule has 0 aliphatic rings. The van der Waals surface area contributed by atoms with Gasteiger partial charge < -0.3 is 10.4 Å². The van der Waals surface area contributed by atoms with Gasteiger partial charge in [0.05, 0.1) is 6.10 Å². The van der Waals surface area contributed by atoms with Gasteiger partial charge >= 0.3 is 0 Å². The molecule has 0 saturated heterocycles. The van der Waals surface area contributed by atoms with Gasteiger partial charge in [0.1, 0.15) is 0 Å². The molecule has 1 rings (SSSR count). The molecule has 5 heteroatoms. The molecule has 0 saturated carbocycles. The quantitative estimate of drug-likeness (QED) is 0.677. The second-order valence-corrected chi connectivity index (χ2v) is 3.79. The number of thiocarbonyl (C=S) groups is 1. The Balaban J connectivity index is 2.43. The molecule has 16 heavy (non-hydrogen) atoms. The van der Waals surface area contributed by atoms with Crippen molar-refractivity contribution in [1.29, 1.82) is 0 Å². The number of nitrogens with one attached hydrogen (secondary N) is 2. The van der Waals surface area contributed by atoms with Gasteiger partial charge in [-0.3, -0.25) is 10.1 Å². The first-order valence-electron chi connectivity index (χ1n) is 4.92. The Kier molecular flexibility index (Phi) is 4.88. The molecule has 4 nitrogen and oxygen atoms in total. The van der Waals surface area contributed by atoms with E-state index in [2.05, 4.69) is 10.6 Å². The summed E-state index contributed by atoms with van der Waals surface area (Å²) >= 11 is 4.89. The number of hydrogen-bond donors (Lipinski definition) is 3. The number of aliphatic hydroxyl groups excluding tert-OH is 1. The predicted molar refractivity (Wildman–Crippen MR) is 66.2 cm³/mol. The number of aliphatic hydroxyl groups is 1. The van der Waals surface area contributed by atoms with Crippen LogP contribution < -0.4 is 10.6 Å². The molecule has 3 N–H and O–H groups in total. The number of amides is 1. The second-order valence-electron chi connectivity index (χ2n) is 3.38. The summed E-state index contributed by atoms with van der Waals surface area (Å²) in [4.78, 5) is 11.6. The van der Waals surface area contributed by atoms with Crippen LogP contribution in [0.2, 0.25) is 0 Å². The molecule has 1 aromatic carbocycles. The third-order valence-corrected chi connectivity index (χ3v) is 2.07. The molecule has 0 heterocycles. The topological polar surface area (TPSA) is 61.4 Å². The summed E-state index contributed by atoms with van der Waals surface area (Å²) < 4.78 is 0. The van der Waals surface area contributed by atoms with Crippen LogP contribution in [0.5, 0.6) is 0 Å². The molecule has 0 radical (unpaired) electrons. The van der Waals surface area contributed by atoms with Crippen LogP contribution in [0, 0.1) is 0 Å². The minimum absolute atomic E-state index is 0.217. The lowest BCUT2D eigenvalue weighted by Gasteiger charge is -2.10. The van der Waals surface area contributed by atoms with Crippen molar-refractivity contribution in [2.45, 2.75) is 13.0 Å². The maximum atomic E-state index is 11.6. The van der Waals surface area contributed by atoms with Crippen molar-refractivity contribution in [1.82, 2.24) is 10.6 Å². The van der Waals surface area contributed by atoms with Crippen molar-refractivity contribution >= 4 is 23.2 Å². The summed E-state index contributed by atoms with van der Waals surface area (Å²) in [5, 5.41) is 14.5. The van der Waals surface area contributed by atoms with Gasteiger partial charge in [0.15, 0.2) is 5.11 Å². The molecule has 0 spiro atoms. The van der Waals surface area contributed by atoms with Crippen molar-refractivity contribution in [3.8, 4) is 0 Å². The zero-order valence-corrected chi connectivity index (χ0v) is 9.75. The van der Waals surface area contributed by atoms with Gasteiger partial charge in [-0.05, 0) is 31.3 Å². The normalized spacial score (nSPS) is 11.6. The largest absolute Gasteiger partial charge is 0.392 e. The lowest BCUT2D eigenvalue weighted by atomic mass is 10.2. The zero-order chi connectivity index (χ0) is 12.0. The van der Waals surface area contributed by atoms with E-state index in [9.17, 15) is 4.79 Å². The van der Waals surface area contributed by atoms with Crippen LogP contribution in [-0.4, -0.2) is 28.8 Å². The third kappa shape index (κ3) is 4.37. The van der Waals surface area contributed by atoms with Gasteiger partial charge in [0, 0.05) is 12.1 Å². The fourth-order valence-corrected chi connectivity index (χ4v) is 1.23. The second kappa shape index (κ2) is 6.19. The number of carbonyl (C=O) groups is 1. The fourth-order valence-electron chi connectivity index (χ4n) is 1.05. The van der Waals surface area contributed by atoms with E-state index in [-0.39, 0.29) is 11.0 Å². The van der Waals surface area contributed by atoms with E-state index in [1.54, 1.807) is 31.2 Å². The average molecular weight is 238 g/mol. The van der Waals surface area contributed by atoms with E-state index in [0.29, 0.717) is 12.1 Å². The molecule has 0 aliphatic carbocycles. The number of benzene rings is 1. The highest BCUT2D eigenvalue weighted by molar-refractivity contribution is 7.80. The third-order valence-electron chi connectivity index (χ3n) is 1.82. The molecule has 1 unspecified atom stereocenters. The van der Waals surface area contributed by atoms with Crippen molar-refractivity contribution in [3.05, 3.63) is 35.9 Å². The first-order chi connectivity index (χ1) is 7.59. The van der Waals surface area contributed by atoms with Crippen molar-refractivity contribution in [3.63, 3.8) is 0 Å². The summed E-state index contributed by atoms with van der Waals surface area (Å²) in [5.41, 5.74) is 0.545.